The number of likely N-dealkylation sites (N-methyl/N-ethyl adjacent to an activating group) is 1. The Morgan fingerprint density at radius 1 is 1.30 bits per heavy atom. The molecule has 0 N–H and O–H groups in total. The molecule has 112 valence electrons. The van der Waals surface area contributed by atoms with Gasteiger partial charge in [0, 0.05) is 38.8 Å². The van der Waals surface area contributed by atoms with Crippen LogP contribution in [0.5, 0.6) is 0 Å². The molecule has 0 amide bonds. The molecular formula is C17H28N2O. The van der Waals surface area contributed by atoms with Crippen LogP contribution in [0.3, 0.4) is 0 Å². The molecule has 0 spiro atoms. The van der Waals surface area contributed by atoms with Gasteiger partial charge in [-0.25, -0.2) is 0 Å². The van der Waals surface area contributed by atoms with Crippen LogP contribution in [0, 0.1) is 0 Å². The molecule has 2 rings (SSSR count). The third-order valence-electron chi connectivity index (χ3n) is 4.26. The fourth-order valence-corrected chi connectivity index (χ4v) is 3.08. The lowest BCUT2D eigenvalue weighted by molar-refractivity contribution is 0.0881. The molecule has 0 aliphatic carbocycles. The molecule has 3 nitrogen and oxygen atoms in total. The highest BCUT2D eigenvalue weighted by Gasteiger charge is 2.28. The van der Waals surface area contributed by atoms with E-state index in [1.165, 1.54) is 11.1 Å². The Morgan fingerprint density at radius 3 is 2.65 bits per heavy atom. The van der Waals surface area contributed by atoms with Crippen LogP contribution in [0.15, 0.2) is 24.3 Å². The molecule has 20 heavy (non-hydrogen) atoms. The van der Waals surface area contributed by atoms with Crippen molar-refractivity contribution in [1.29, 1.82) is 0 Å². The summed E-state index contributed by atoms with van der Waals surface area (Å²) in [5, 5.41) is 0. The van der Waals surface area contributed by atoms with Gasteiger partial charge < -0.3 is 9.64 Å². The van der Waals surface area contributed by atoms with E-state index < -0.39 is 0 Å². The van der Waals surface area contributed by atoms with Crippen LogP contribution in [-0.4, -0.2) is 55.7 Å². The molecule has 0 bridgehead atoms. The maximum absolute atomic E-state index is 5.18. The molecule has 1 aliphatic rings. The van der Waals surface area contributed by atoms with E-state index in [-0.39, 0.29) is 0 Å². The summed E-state index contributed by atoms with van der Waals surface area (Å²) in [5.41, 5.74) is 3.02. The van der Waals surface area contributed by atoms with E-state index in [2.05, 4.69) is 55.0 Å². The van der Waals surface area contributed by atoms with Gasteiger partial charge in [0.2, 0.25) is 0 Å². The second-order valence-electron chi connectivity index (χ2n) is 6.15. The summed E-state index contributed by atoms with van der Waals surface area (Å²) in [4.78, 5) is 5.02. The third-order valence-corrected chi connectivity index (χ3v) is 4.26. The van der Waals surface area contributed by atoms with E-state index in [1.54, 1.807) is 7.11 Å². The predicted molar refractivity (Wildman–Crippen MR) is 84.0 cm³/mol. The second-order valence-corrected chi connectivity index (χ2v) is 6.15. The van der Waals surface area contributed by atoms with Crippen LogP contribution in [0.25, 0.3) is 0 Å². The molecular weight excluding hydrogens is 248 g/mol. The highest BCUT2D eigenvalue weighted by atomic mass is 16.5. The maximum Gasteiger partial charge on any atom is 0.0589 e. The fraction of sp³-hybridized carbons (Fsp3) is 0.647. The first kappa shape index (κ1) is 15.5. The minimum atomic E-state index is 0.587. The standard InChI is InChI=1S/C17H28N2O/c1-14(2)19-12-16-8-6-5-7-15(16)11-17(19)13-18(3)9-10-20-4/h5-8,14,17H,9-13H2,1-4H3/t17-/m0/s1. The van der Waals surface area contributed by atoms with Gasteiger partial charge in [-0.2, -0.15) is 0 Å². The summed E-state index contributed by atoms with van der Waals surface area (Å²) >= 11 is 0. The molecule has 1 aromatic carbocycles. The number of hydrogen-bond acceptors (Lipinski definition) is 3. The molecule has 0 radical (unpaired) electrons. The van der Waals surface area contributed by atoms with Gasteiger partial charge >= 0.3 is 0 Å². The molecule has 0 saturated carbocycles. The largest absolute Gasteiger partial charge is 0.383 e. The molecule has 1 heterocycles. The minimum Gasteiger partial charge on any atom is -0.383 e. The Hall–Kier alpha value is -0.900. The number of benzene rings is 1. The van der Waals surface area contributed by atoms with Crippen molar-refractivity contribution in [1.82, 2.24) is 9.80 Å². The molecule has 1 aliphatic heterocycles. The summed E-state index contributed by atoms with van der Waals surface area (Å²) in [7, 11) is 3.96. The first-order chi connectivity index (χ1) is 9.61. The Balaban J connectivity index is 2.06. The number of ether oxygens (including phenoxy) is 1. The molecule has 1 aromatic rings. The lowest BCUT2D eigenvalue weighted by Gasteiger charge is -2.41. The number of fused-ring (bicyclic) bond motifs is 1. The Bertz CT molecular complexity index is 419. The molecule has 0 fully saturated rings. The van der Waals surface area contributed by atoms with Gasteiger partial charge in [0.15, 0.2) is 0 Å². The van der Waals surface area contributed by atoms with E-state index in [4.69, 9.17) is 4.74 Å². The number of hydrogen-bond donors (Lipinski definition) is 0. The first-order valence-corrected chi connectivity index (χ1v) is 7.61. The van der Waals surface area contributed by atoms with Crippen molar-refractivity contribution in [2.45, 2.75) is 38.9 Å². The molecule has 1 atom stereocenters. The van der Waals surface area contributed by atoms with E-state index in [1.807, 2.05) is 0 Å². The summed E-state index contributed by atoms with van der Waals surface area (Å²) in [6, 6.07) is 10.1. The zero-order valence-electron chi connectivity index (χ0n) is 13.3. The highest BCUT2D eigenvalue weighted by molar-refractivity contribution is 5.30. The number of methoxy groups -OCH3 is 1. The van der Waals surface area contributed by atoms with Crippen LogP contribution in [0.4, 0.5) is 0 Å². The van der Waals surface area contributed by atoms with E-state index >= 15 is 0 Å². The van der Waals surface area contributed by atoms with Gasteiger partial charge in [-0.1, -0.05) is 24.3 Å². The number of nitrogens with zero attached hydrogens (tertiary/aromatic N) is 2. The lowest BCUT2D eigenvalue weighted by atomic mass is 9.92. The second kappa shape index (κ2) is 7.21. The average Bonchev–Trinajstić information content (AvgIpc) is 2.44. The topological polar surface area (TPSA) is 15.7 Å². The summed E-state index contributed by atoms with van der Waals surface area (Å²) < 4.78 is 5.18. The average molecular weight is 276 g/mol. The minimum absolute atomic E-state index is 0.587. The van der Waals surface area contributed by atoms with Crippen LogP contribution in [0.1, 0.15) is 25.0 Å². The van der Waals surface area contributed by atoms with Crippen LogP contribution >= 0.6 is 0 Å². The van der Waals surface area contributed by atoms with E-state index in [9.17, 15) is 0 Å². The van der Waals surface area contributed by atoms with Gasteiger partial charge in [0.05, 0.1) is 6.61 Å². The van der Waals surface area contributed by atoms with Gasteiger partial charge in [-0.15, -0.1) is 0 Å². The van der Waals surface area contributed by atoms with Gasteiger partial charge in [-0.3, -0.25) is 4.90 Å². The van der Waals surface area contributed by atoms with Crippen LogP contribution in [-0.2, 0) is 17.7 Å². The molecule has 0 saturated heterocycles. The Labute approximate surface area is 123 Å². The fourth-order valence-electron chi connectivity index (χ4n) is 3.08. The normalized spacial score (nSPS) is 19.6. The monoisotopic (exact) mass is 276 g/mol. The van der Waals surface area contributed by atoms with Gasteiger partial charge in [0.25, 0.3) is 0 Å². The quantitative estimate of drug-likeness (QED) is 0.793. The van der Waals surface area contributed by atoms with E-state index in [0.29, 0.717) is 12.1 Å². The third kappa shape index (κ3) is 3.81. The van der Waals surface area contributed by atoms with Crippen molar-refractivity contribution in [2.75, 3.05) is 33.9 Å². The summed E-state index contributed by atoms with van der Waals surface area (Å²) in [6.45, 7) is 8.60. The van der Waals surface area contributed by atoms with Crippen molar-refractivity contribution in [3.05, 3.63) is 35.4 Å². The van der Waals surface area contributed by atoms with Crippen LogP contribution in [0.2, 0.25) is 0 Å². The molecule has 3 heteroatoms. The lowest BCUT2D eigenvalue weighted by Crippen LogP contribution is -2.49. The molecule has 0 aromatic heterocycles. The van der Waals surface area contributed by atoms with Gasteiger partial charge in [0.1, 0.15) is 0 Å². The van der Waals surface area contributed by atoms with Crippen LogP contribution < -0.4 is 0 Å². The zero-order chi connectivity index (χ0) is 14.5. The number of rotatable bonds is 6. The SMILES string of the molecule is COCCN(C)C[C@@H]1Cc2ccccc2CN1C(C)C. The Kier molecular flexibility index (Phi) is 5.58. The van der Waals surface area contributed by atoms with E-state index in [0.717, 1.165) is 32.7 Å². The van der Waals surface area contributed by atoms with Crippen molar-refractivity contribution < 1.29 is 4.74 Å². The van der Waals surface area contributed by atoms with Crippen molar-refractivity contribution >= 4 is 0 Å². The van der Waals surface area contributed by atoms with Crippen molar-refractivity contribution in [2.24, 2.45) is 0 Å². The van der Waals surface area contributed by atoms with Gasteiger partial charge in [-0.05, 0) is 38.4 Å². The first-order valence-electron chi connectivity index (χ1n) is 7.61. The smallest absolute Gasteiger partial charge is 0.0589 e. The predicted octanol–water partition coefficient (Wildman–Crippen LogP) is 2.40. The van der Waals surface area contributed by atoms with Crippen molar-refractivity contribution in [3.8, 4) is 0 Å². The summed E-state index contributed by atoms with van der Waals surface area (Å²) in [5.74, 6) is 0. The highest BCUT2D eigenvalue weighted by Crippen LogP contribution is 2.25. The summed E-state index contributed by atoms with van der Waals surface area (Å²) in [6.07, 6.45) is 1.16. The molecule has 0 unspecified atom stereocenters. The van der Waals surface area contributed by atoms with Crippen molar-refractivity contribution in [3.63, 3.8) is 0 Å². The maximum atomic E-state index is 5.18. The Morgan fingerprint density at radius 2 is 2.00 bits per heavy atom. The zero-order valence-corrected chi connectivity index (χ0v) is 13.3.